The van der Waals surface area contributed by atoms with Crippen LogP contribution in [-0.2, 0) is 4.74 Å². The number of unbranched alkanes of at least 4 members (excludes halogenated alkanes) is 2. The van der Waals surface area contributed by atoms with E-state index in [0.29, 0.717) is 23.5 Å². The van der Waals surface area contributed by atoms with Crippen molar-refractivity contribution in [3.63, 3.8) is 0 Å². The third-order valence-electron chi connectivity index (χ3n) is 6.48. The molecule has 1 aromatic heterocycles. The van der Waals surface area contributed by atoms with Crippen LogP contribution < -0.4 is 15.5 Å². The average molecular weight is 414 g/mol. The molecule has 164 valence electrons. The minimum Gasteiger partial charge on any atom is -0.488 e. The van der Waals surface area contributed by atoms with Crippen LogP contribution >= 0.6 is 0 Å². The van der Waals surface area contributed by atoms with E-state index in [4.69, 9.17) is 13.9 Å². The first-order valence-corrected chi connectivity index (χ1v) is 11.8. The molecule has 0 spiro atoms. The number of nitrogens with one attached hydrogen (secondary N) is 1. The predicted octanol–water partition coefficient (Wildman–Crippen LogP) is 5.16. The largest absolute Gasteiger partial charge is 0.488 e. The Morgan fingerprint density at radius 3 is 2.80 bits per heavy atom. The standard InChI is InChI=1S/C25H35NO4/c1-2-3-5-10-23(25-17-26-13-14-28-25)29-19-11-12-22-20(15-19)21(27)16-24(30-22)18-8-6-4-7-9-18/h11-12,15-16,18,23,25-26H,2-10,13-14,17H2,1H3. The molecule has 1 aliphatic heterocycles. The minimum absolute atomic E-state index is 0.0182. The summed E-state index contributed by atoms with van der Waals surface area (Å²) in [7, 11) is 0. The molecule has 5 heteroatoms. The highest BCUT2D eigenvalue weighted by Crippen LogP contribution is 2.33. The molecule has 0 bridgehead atoms. The number of hydrogen-bond acceptors (Lipinski definition) is 5. The summed E-state index contributed by atoms with van der Waals surface area (Å²) in [5.41, 5.74) is 0.689. The zero-order chi connectivity index (χ0) is 20.8. The van der Waals surface area contributed by atoms with Crippen LogP contribution in [0, 0.1) is 0 Å². The Bertz CT molecular complexity index is 865. The van der Waals surface area contributed by atoms with Crippen LogP contribution in [0.2, 0.25) is 0 Å². The molecule has 1 aromatic carbocycles. The van der Waals surface area contributed by atoms with Gasteiger partial charge in [-0.3, -0.25) is 4.79 Å². The van der Waals surface area contributed by atoms with Crippen molar-refractivity contribution in [2.75, 3.05) is 19.7 Å². The fraction of sp³-hybridized carbons (Fsp3) is 0.640. The lowest BCUT2D eigenvalue weighted by atomic mass is 9.87. The molecule has 2 atom stereocenters. The predicted molar refractivity (Wildman–Crippen MR) is 119 cm³/mol. The van der Waals surface area contributed by atoms with Crippen LogP contribution in [0.3, 0.4) is 0 Å². The lowest BCUT2D eigenvalue weighted by Gasteiger charge is -2.31. The molecule has 2 aliphatic rings. The van der Waals surface area contributed by atoms with Crippen molar-refractivity contribution < 1.29 is 13.9 Å². The molecule has 1 N–H and O–H groups in total. The number of hydrogen-bond donors (Lipinski definition) is 1. The molecule has 1 saturated carbocycles. The third kappa shape index (κ3) is 5.25. The summed E-state index contributed by atoms with van der Waals surface area (Å²) < 4.78 is 18.5. The molecular weight excluding hydrogens is 378 g/mol. The van der Waals surface area contributed by atoms with Gasteiger partial charge in [0.25, 0.3) is 0 Å². The summed E-state index contributed by atoms with van der Waals surface area (Å²) in [6.07, 6.45) is 10.4. The molecule has 1 saturated heterocycles. The van der Waals surface area contributed by atoms with Crippen LogP contribution in [0.1, 0.15) is 76.4 Å². The van der Waals surface area contributed by atoms with Crippen molar-refractivity contribution in [3.05, 3.63) is 40.2 Å². The number of morpholine rings is 1. The topological polar surface area (TPSA) is 60.7 Å². The SMILES string of the molecule is CCCCCC(Oc1ccc2oc(C3CCCCC3)cc(=O)c2c1)C1CNCCO1. The highest BCUT2D eigenvalue weighted by atomic mass is 16.5. The maximum Gasteiger partial charge on any atom is 0.193 e. The molecular formula is C25H35NO4. The van der Waals surface area contributed by atoms with E-state index in [1.54, 1.807) is 6.07 Å². The Balaban J connectivity index is 1.53. The van der Waals surface area contributed by atoms with E-state index in [-0.39, 0.29) is 17.6 Å². The molecule has 0 radical (unpaired) electrons. The van der Waals surface area contributed by atoms with E-state index in [1.807, 2.05) is 18.2 Å². The smallest absolute Gasteiger partial charge is 0.193 e. The first kappa shape index (κ1) is 21.4. The molecule has 30 heavy (non-hydrogen) atoms. The van der Waals surface area contributed by atoms with E-state index < -0.39 is 0 Å². The number of benzene rings is 1. The van der Waals surface area contributed by atoms with Gasteiger partial charge >= 0.3 is 0 Å². The van der Waals surface area contributed by atoms with Gasteiger partial charge in [0.2, 0.25) is 0 Å². The highest BCUT2D eigenvalue weighted by molar-refractivity contribution is 5.78. The van der Waals surface area contributed by atoms with Crippen molar-refractivity contribution >= 4 is 11.0 Å². The number of rotatable bonds is 8. The molecule has 1 aliphatic carbocycles. The quantitative estimate of drug-likeness (QED) is 0.606. The first-order valence-electron chi connectivity index (χ1n) is 11.8. The summed E-state index contributed by atoms with van der Waals surface area (Å²) in [6.45, 7) is 4.61. The summed E-state index contributed by atoms with van der Waals surface area (Å²) in [4.78, 5) is 12.8. The van der Waals surface area contributed by atoms with E-state index in [1.165, 1.54) is 32.1 Å². The van der Waals surface area contributed by atoms with Crippen LogP contribution in [-0.4, -0.2) is 31.9 Å². The fourth-order valence-corrected chi connectivity index (χ4v) is 4.73. The Kier molecular flexibility index (Phi) is 7.45. The average Bonchev–Trinajstić information content (AvgIpc) is 2.80. The van der Waals surface area contributed by atoms with Crippen LogP contribution in [0.4, 0.5) is 0 Å². The zero-order valence-electron chi connectivity index (χ0n) is 18.2. The summed E-state index contributed by atoms with van der Waals surface area (Å²) >= 11 is 0. The van der Waals surface area contributed by atoms with Gasteiger partial charge < -0.3 is 19.2 Å². The highest BCUT2D eigenvalue weighted by Gasteiger charge is 2.26. The second kappa shape index (κ2) is 10.5. The Morgan fingerprint density at radius 1 is 1.17 bits per heavy atom. The maximum absolute atomic E-state index is 12.8. The Labute approximate surface area is 179 Å². The Morgan fingerprint density at radius 2 is 2.03 bits per heavy atom. The molecule has 2 unspecified atom stereocenters. The first-order chi connectivity index (χ1) is 14.7. The third-order valence-corrected chi connectivity index (χ3v) is 6.48. The second-order valence-electron chi connectivity index (χ2n) is 8.77. The van der Waals surface area contributed by atoms with Crippen molar-refractivity contribution in [1.82, 2.24) is 5.32 Å². The molecule has 2 aromatic rings. The number of fused-ring (bicyclic) bond motifs is 1. The fourth-order valence-electron chi connectivity index (χ4n) is 4.73. The normalized spacial score (nSPS) is 21.6. The van der Waals surface area contributed by atoms with E-state index in [9.17, 15) is 4.79 Å². The number of ether oxygens (including phenoxy) is 2. The van der Waals surface area contributed by atoms with Crippen molar-refractivity contribution in [2.24, 2.45) is 0 Å². The van der Waals surface area contributed by atoms with Gasteiger partial charge in [0, 0.05) is 25.1 Å². The van der Waals surface area contributed by atoms with Crippen molar-refractivity contribution in [1.29, 1.82) is 0 Å². The van der Waals surface area contributed by atoms with Gasteiger partial charge in [0.1, 0.15) is 29.3 Å². The Hall–Kier alpha value is -1.85. The zero-order valence-corrected chi connectivity index (χ0v) is 18.2. The van der Waals surface area contributed by atoms with Gasteiger partial charge in [-0.15, -0.1) is 0 Å². The maximum atomic E-state index is 12.8. The van der Waals surface area contributed by atoms with Crippen LogP contribution in [0.15, 0.2) is 33.5 Å². The molecule has 5 nitrogen and oxygen atoms in total. The van der Waals surface area contributed by atoms with Crippen molar-refractivity contribution in [2.45, 2.75) is 82.8 Å². The second-order valence-corrected chi connectivity index (χ2v) is 8.77. The monoisotopic (exact) mass is 413 g/mol. The lowest BCUT2D eigenvalue weighted by Crippen LogP contribution is -2.47. The summed E-state index contributed by atoms with van der Waals surface area (Å²) in [5.74, 6) is 1.95. The van der Waals surface area contributed by atoms with Crippen LogP contribution in [0.5, 0.6) is 5.75 Å². The van der Waals surface area contributed by atoms with E-state index in [0.717, 1.165) is 50.3 Å². The lowest BCUT2D eigenvalue weighted by molar-refractivity contribution is -0.0450. The molecule has 2 fully saturated rings. The molecule has 2 heterocycles. The van der Waals surface area contributed by atoms with Gasteiger partial charge in [-0.25, -0.2) is 0 Å². The van der Waals surface area contributed by atoms with Gasteiger partial charge in [0.05, 0.1) is 12.0 Å². The summed E-state index contributed by atoms with van der Waals surface area (Å²) in [6, 6.07) is 7.37. The minimum atomic E-state index is -0.0182. The van der Waals surface area contributed by atoms with Crippen molar-refractivity contribution in [3.8, 4) is 5.75 Å². The van der Waals surface area contributed by atoms with Crippen LogP contribution in [0.25, 0.3) is 11.0 Å². The van der Waals surface area contributed by atoms with Gasteiger partial charge in [0.15, 0.2) is 5.43 Å². The van der Waals surface area contributed by atoms with E-state index >= 15 is 0 Å². The summed E-state index contributed by atoms with van der Waals surface area (Å²) in [5, 5.41) is 4.00. The van der Waals surface area contributed by atoms with E-state index in [2.05, 4.69) is 12.2 Å². The molecule has 4 rings (SSSR count). The molecule has 0 amide bonds. The van der Waals surface area contributed by atoms with Gasteiger partial charge in [-0.1, -0.05) is 39.0 Å². The van der Waals surface area contributed by atoms with Gasteiger partial charge in [-0.05, 0) is 43.9 Å². The van der Waals surface area contributed by atoms with Gasteiger partial charge in [-0.2, -0.15) is 0 Å².